The molecule has 13 nitrogen and oxygen atoms in total. The molecule has 13 heteroatoms. The Kier molecular flexibility index (Phi) is 20.8. The maximum atomic E-state index is 15.4. The fraction of sp³-hybridized carbons (Fsp3) is 0.667. The minimum atomic E-state index is -2.05. The summed E-state index contributed by atoms with van der Waals surface area (Å²) in [5.41, 5.74) is 12.2. The van der Waals surface area contributed by atoms with Gasteiger partial charge in [0.1, 0.15) is 29.9 Å². The standard InChI is InChI=1S/C45H73N5O8/c1-6-7-8-9-10-11-12-13-14-21-29-45(40(53)39(52)38(51)33(2)57-45)58-50(44(3,28-22-23-30-46)43(56)49(4)5)42(55)37(32-35-26-19-16-20-27-35)48-41(54)36(47)31-34-24-17-15-18-25-34/h15-20,24-27,33,36-40,51-53H,6-14,21-23,28-32,46-47H2,1-5H3,(H,48,54)/t33-,36+,37+,38-,39+,40-,44+,45+/m1/s1. The average molecular weight is 812 g/mol. The van der Waals surface area contributed by atoms with E-state index in [1.165, 1.54) is 37.0 Å². The summed E-state index contributed by atoms with van der Waals surface area (Å²) < 4.78 is 6.35. The Bertz CT molecular complexity index is 1500. The predicted molar refractivity (Wildman–Crippen MR) is 226 cm³/mol. The summed E-state index contributed by atoms with van der Waals surface area (Å²) in [5, 5.41) is 37.7. The number of hydrogen-bond donors (Lipinski definition) is 6. The number of nitrogens with zero attached hydrogens (tertiary/aromatic N) is 2. The molecule has 2 aromatic carbocycles. The average Bonchev–Trinajstić information content (AvgIpc) is 3.21. The lowest BCUT2D eigenvalue weighted by Crippen LogP contribution is -2.70. The van der Waals surface area contributed by atoms with Gasteiger partial charge in [0.15, 0.2) is 0 Å². The molecule has 326 valence electrons. The molecule has 1 heterocycles. The van der Waals surface area contributed by atoms with Gasteiger partial charge in [-0.3, -0.25) is 14.4 Å². The summed E-state index contributed by atoms with van der Waals surface area (Å²) >= 11 is 0. The first-order valence-electron chi connectivity index (χ1n) is 21.5. The number of carbonyl (C=O) groups excluding carboxylic acids is 3. The van der Waals surface area contributed by atoms with Crippen molar-refractivity contribution in [3.63, 3.8) is 0 Å². The summed E-state index contributed by atoms with van der Waals surface area (Å²) in [5.74, 6) is -3.89. The van der Waals surface area contributed by atoms with Crippen molar-refractivity contribution in [2.45, 2.75) is 171 Å². The lowest BCUT2D eigenvalue weighted by Gasteiger charge is -2.52. The summed E-state index contributed by atoms with van der Waals surface area (Å²) in [7, 11) is 3.15. The first-order chi connectivity index (χ1) is 27.7. The van der Waals surface area contributed by atoms with Gasteiger partial charge in [-0.1, -0.05) is 125 Å². The zero-order valence-corrected chi connectivity index (χ0v) is 35.7. The van der Waals surface area contributed by atoms with Gasteiger partial charge in [-0.15, -0.1) is 0 Å². The van der Waals surface area contributed by atoms with Crippen LogP contribution in [0.2, 0.25) is 0 Å². The molecular weight excluding hydrogens is 739 g/mol. The Morgan fingerprint density at radius 2 is 1.36 bits per heavy atom. The molecule has 0 aliphatic carbocycles. The summed E-state index contributed by atoms with van der Waals surface area (Å²) in [4.78, 5) is 51.7. The van der Waals surface area contributed by atoms with Gasteiger partial charge < -0.3 is 41.7 Å². The quantitative estimate of drug-likeness (QED) is 0.0580. The van der Waals surface area contributed by atoms with Crippen LogP contribution < -0.4 is 16.8 Å². The second-order valence-corrected chi connectivity index (χ2v) is 16.5. The van der Waals surface area contributed by atoms with E-state index in [0.29, 0.717) is 25.8 Å². The number of hydroxylamine groups is 2. The Labute approximate surface area is 346 Å². The first kappa shape index (κ1) is 48.9. The monoisotopic (exact) mass is 812 g/mol. The highest BCUT2D eigenvalue weighted by Crippen LogP contribution is 2.39. The highest BCUT2D eigenvalue weighted by atomic mass is 16.8. The molecule has 0 spiro atoms. The molecule has 8 N–H and O–H groups in total. The molecular formula is C45H73N5O8. The fourth-order valence-corrected chi connectivity index (χ4v) is 7.73. The van der Waals surface area contributed by atoms with Crippen molar-refractivity contribution >= 4 is 17.7 Å². The second kappa shape index (κ2) is 24.6. The highest BCUT2D eigenvalue weighted by molar-refractivity contribution is 5.94. The van der Waals surface area contributed by atoms with E-state index in [-0.39, 0.29) is 25.7 Å². The predicted octanol–water partition coefficient (Wildman–Crippen LogP) is 4.53. The molecule has 0 saturated carbocycles. The smallest absolute Gasteiger partial charge is 0.270 e. The third kappa shape index (κ3) is 14.1. The van der Waals surface area contributed by atoms with Crippen LogP contribution in [-0.2, 0) is 36.8 Å². The molecule has 3 rings (SSSR count). The van der Waals surface area contributed by atoms with Crippen LogP contribution in [-0.4, -0.2) is 111 Å². The van der Waals surface area contributed by atoms with E-state index in [0.717, 1.165) is 41.9 Å². The third-order valence-electron chi connectivity index (χ3n) is 11.3. The van der Waals surface area contributed by atoms with Crippen molar-refractivity contribution in [2.75, 3.05) is 20.6 Å². The zero-order valence-electron chi connectivity index (χ0n) is 35.7. The van der Waals surface area contributed by atoms with Crippen LogP contribution in [0.5, 0.6) is 0 Å². The number of nitrogens with one attached hydrogen (secondary N) is 1. The topological polar surface area (TPSA) is 201 Å². The van der Waals surface area contributed by atoms with Crippen LogP contribution in [0.1, 0.15) is 122 Å². The first-order valence-corrected chi connectivity index (χ1v) is 21.5. The Morgan fingerprint density at radius 1 is 0.828 bits per heavy atom. The van der Waals surface area contributed by atoms with Gasteiger partial charge in [-0.25, -0.2) is 9.90 Å². The van der Waals surface area contributed by atoms with Crippen molar-refractivity contribution in [3.8, 4) is 0 Å². The van der Waals surface area contributed by atoms with E-state index in [1.54, 1.807) is 27.9 Å². The van der Waals surface area contributed by atoms with E-state index in [4.69, 9.17) is 21.0 Å². The summed E-state index contributed by atoms with van der Waals surface area (Å²) in [6, 6.07) is 16.2. The molecule has 0 bridgehead atoms. The Hall–Kier alpha value is -3.43. The van der Waals surface area contributed by atoms with Crippen molar-refractivity contribution in [3.05, 3.63) is 71.8 Å². The number of rotatable bonds is 26. The summed E-state index contributed by atoms with van der Waals surface area (Å²) in [6.07, 6.45) is 5.82. The minimum Gasteiger partial charge on any atom is -0.388 e. The molecule has 1 aliphatic rings. The Balaban J connectivity index is 2.07. The summed E-state index contributed by atoms with van der Waals surface area (Å²) in [6.45, 7) is 5.69. The van der Waals surface area contributed by atoms with Crippen LogP contribution >= 0.6 is 0 Å². The molecule has 8 atom stereocenters. The largest absolute Gasteiger partial charge is 0.388 e. The number of amides is 3. The van der Waals surface area contributed by atoms with E-state index in [2.05, 4.69) is 12.2 Å². The van der Waals surface area contributed by atoms with Gasteiger partial charge in [-0.05, 0) is 63.6 Å². The van der Waals surface area contributed by atoms with Crippen molar-refractivity contribution in [1.82, 2.24) is 15.3 Å². The molecule has 1 saturated heterocycles. The van der Waals surface area contributed by atoms with Gasteiger partial charge in [0, 0.05) is 26.9 Å². The number of aliphatic hydroxyl groups excluding tert-OH is 3. The van der Waals surface area contributed by atoms with Crippen LogP contribution in [0.4, 0.5) is 0 Å². The molecule has 2 aromatic rings. The van der Waals surface area contributed by atoms with E-state index in [9.17, 15) is 24.9 Å². The maximum Gasteiger partial charge on any atom is 0.270 e. The molecule has 0 unspecified atom stereocenters. The highest BCUT2D eigenvalue weighted by Gasteiger charge is 2.58. The van der Waals surface area contributed by atoms with Crippen molar-refractivity contribution in [2.24, 2.45) is 11.5 Å². The lowest BCUT2D eigenvalue weighted by atomic mass is 9.88. The molecule has 1 fully saturated rings. The van der Waals surface area contributed by atoms with Gasteiger partial charge in [-0.2, -0.15) is 0 Å². The zero-order chi connectivity index (χ0) is 42.7. The second-order valence-electron chi connectivity index (χ2n) is 16.5. The number of benzene rings is 2. The number of likely N-dealkylation sites (N-methyl/N-ethyl adjacent to an activating group) is 1. The lowest BCUT2D eigenvalue weighted by molar-refractivity contribution is -0.422. The fourth-order valence-electron chi connectivity index (χ4n) is 7.73. The van der Waals surface area contributed by atoms with E-state index < -0.39 is 65.5 Å². The number of hydrogen-bond acceptors (Lipinski definition) is 10. The maximum absolute atomic E-state index is 15.4. The van der Waals surface area contributed by atoms with Gasteiger partial charge in [0.25, 0.3) is 5.91 Å². The van der Waals surface area contributed by atoms with Crippen LogP contribution in [0.15, 0.2) is 60.7 Å². The van der Waals surface area contributed by atoms with Gasteiger partial charge in [0.2, 0.25) is 17.6 Å². The molecule has 1 aliphatic heterocycles. The number of nitrogens with two attached hydrogens (primary N) is 2. The van der Waals surface area contributed by atoms with Gasteiger partial charge >= 0.3 is 0 Å². The third-order valence-corrected chi connectivity index (χ3v) is 11.3. The number of ether oxygens (including phenoxy) is 1. The van der Waals surface area contributed by atoms with Crippen LogP contribution in [0.3, 0.4) is 0 Å². The van der Waals surface area contributed by atoms with Gasteiger partial charge in [0.05, 0.1) is 12.1 Å². The normalized spacial score (nSPS) is 22.7. The van der Waals surface area contributed by atoms with E-state index >= 15 is 4.79 Å². The molecule has 58 heavy (non-hydrogen) atoms. The SMILES string of the molecule is CCCCCCCCCCCC[C@@]1(ON(C(=O)[C@H](Cc2ccccc2)NC(=O)[C@@H](N)Cc2ccccc2)[C@@](C)(CCCCN)C(=O)N(C)C)O[C@H](C)[C@@H](O)[C@H](O)[C@H]1O. The molecule has 0 radical (unpaired) electrons. The number of unbranched alkanes of at least 4 members (excludes halogenated alkanes) is 10. The van der Waals surface area contributed by atoms with Crippen LogP contribution in [0.25, 0.3) is 0 Å². The minimum absolute atomic E-state index is 0.0188. The Morgan fingerprint density at radius 3 is 1.90 bits per heavy atom. The number of aliphatic hydroxyl groups is 3. The molecule has 0 aromatic heterocycles. The van der Waals surface area contributed by atoms with Crippen LogP contribution in [0, 0.1) is 0 Å². The van der Waals surface area contributed by atoms with Crippen molar-refractivity contribution < 1.29 is 39.3 Å². The van der Waals surface area contributed by atoms with E-state index in [1.807, 2.05) is 60.7 Å². The molecule has 3 amide bonds. The number of carbonyl (C=O) groups is 3. The van der Waals surface area contributed by atoms with Crippen molar-refractivity contribution in [1.29, 1.82) is 0 Å².